The number of nitrogens with two attached hydrogens (primary N) is 1. The second-order valence-corrected chi connectivity index (χ2v) is 7.69. The molecule has 3 N–H and O–H groups in total. The molecule has 7 nitrogen and oxygen atoms in total. The van der Waals surface area contributed by atoms with E-state index in [9.17, 15) is 14.4 Å². The van der Waals surface area contributed by atoms with Gasteiger partial charge in [0.2, 0.25) is 11.8 Å². The van der Waals surface area contributed by atoms with Crippen LogP contribution in [-0.4, -0.2) is 33.6 Å². The maximum Gasteiger partial charge on any atom is 0.256 e. The van der Waals surface area contributed by atoms with E-state index >= 15 is 0 Å². The summed E-state index contributed by atoms with van der Waals surface area (Å²) in [5.74, 6) is -1.14. The molecule has 0 saturated heterocycles. The SMILES string of the molecule is NC(=O)c1ccc(CN2C(=O)c3ccc(Cl)cc3NC(=O)C2Cc2cccnc2)cc1. The Morgan fingerprint density at radius 2 is 1.87 bits per heavy atom. The number of amides is 3. The maximum absolute atomic E-state index is 13.5. The van der Waals surface area contributed by atoms with Crippen LogP contribution in [0.3, 0.4) is 0 Å². The molecule has 0 saturated carbocycles. The van der Waals surface area contributed by atoms with Gasteiger partial charge in [-0.2, -0.15) is 0 Å². The van der Waals surface area contributed by atoms with Gasteiger partial charge in [-0.25, -0.2) is 0 Å². The van der Waals surface area contributed by atoms with Crippen molar-refractivity contribution >= 4 is 35.0 Å². The van der Waals surface area contributed by atoms with Crippen LogP contribution in [0.25, 0.3) is 0 Å². The van der Waals surface area contributed by atoms with Crippen molar-refractivity contribution < 1.29 is 14.4 Å². The first-order valence-corrected chi connectivity index (χ1v) is 9.99. The second-order valence-electron chi connectivity index (χ2n) is 7.25. The summed E-state index contributed by atoms with van der Waals surface area (Å²) in [5.41, 5.74) is 8.01. The van der Waals surface area contributed by atoms with Gasteiger partial charge in [0.25, 0.3) is 5.91 Å². The molecule has 3 aromatic rings. The molecule has 0 bridgehead atoms. The number of rotatable bonds is 5. The second kappa shape index (κ2) is 8.57. The number of halogens is 1. The van der Waals surface area contributed by atoms with Crippen molar-refractivity contribution in [2.75, 3.05) is 5.32 Å². The number of aromatic nitrogens is 1. The van der Waals surface area contributed by atoms with Gasteiger partial charge < -0.3 is 16.0 Å². The summed E-state index contributed by atoms with van der Waals surface area (Å²) in [5, 5.41) is 3.26. The van der Waals surface area contributed by atoms with E-state index < -0.39 is 11.9 Å². The third-order valence-electron chi connectivity index (χ3n) is 5.15. The Balaban J connectivity index is 1.73. The highest BCUT2D eigenvalue weighted by Crippen LogP contribution is 2.28. The molecule has 3 amide bonds. The van der Waals surface area contributed by atoms with E-state index in [1.165, 1.54) is 4.90 Å². The van der Waals surface area contributed by atoms with Crippen molar-refractivity contribution in [2.45, 2.75) is 19.0 Å². The average molecular weight is 435 g/mol. The van der Waals surface area contributed by atoms with Gasteiger partial charge in [-0.15, -0.1) is 0 Å². The fourth-order valence-electron chi connectivity index (χ4n) is 3.56. The summed E-state index contributed by atoms with van der Waals surface area (Å²) in [6.07, 6.45) is 3.62. The highest BCUT2D eigenvalue weighted by Gasteiger charge is 2.35. The fourth-order valence-corrected chi connectivity index (χ4v) is 3.73. The third kappa shape index (κ3) is 4.41. The quantitative estimate of drug-likeness (QED) is 0.643. The van der Waals surface area contributed by atoms with Crippen molar-refractivity contribution in [3.05, 3.63) is 94.3 Å². The third-order valence-corrected chi connectivity index (χ3v) is 5.39. The van der Waals surface area contributed by atoms with Crippen molar-refractivity contribution in [3.8, 4) is 0 Å². The number of fused-ring (bicyclic) bond motifs is 1. The molecule has 4 rings (SSSR count). The molecular weight excluding hydrogens is 416 g/mol. The van der Waals surface area contributed by atoms with Crippen molar-refractivity contribution in [1.82, 2.24) is 9.88 Å². The summed E-state index contributed by atoms with van der Waals surface area (Å²) in [4.78, 5) is 43.6. The lowest BCUT2D eigenvalue weighted by Gasteiger charge is -2.29. The van der Waals surface area contributed by atoms with Crippen molar-refractivity contribution in [2.24, 2.45) is 5.73 Å². The number of carbonyl (C=O) groups is 3. The zero-order chi connectivity index (χ0) is 22.0. The number of pyridine rings is 1. The summed E-state index contributed by atoms with van der Waals surface area (Å²) >= 11 is 6.08. The van der Waals surface area contributed by atoms with E-state index in [4.69, 9.17) is 17.3 Å². The highest BCUT2D eigenvalue weighted by molar-refractivity contribution is 6.31. The number of carbonyl (C=O) groups excluding carboxylic acids is 3. The van der Waals surface area contributed by atoms with Gasteiger partial charge in [-0.3, -0.25) is 19.4 Å². The Bertz CT molecular complexity index is 1150. The molecule has 1 aliphatic heterocycles. The van der Waals surface area contributed by atoms with E-state index in [2.05, 4.69) is 10.3 Å². The topological polar surface area (TPSA) is 105 Å². The minimum atomic E-state index is -0.765. The minimum absolute atomic E-state index is 0.179. The number of nitrogens with one attached hydrogen (secondary N) is 1. The minimum Gasteiger partial charge on any atom is -0.366 e. The normalized spacial score (nSPS) is 15.8. The molecule has 0 spiro atoms. The van der Waals surface area contributed by atoms with Crippen LogP contribution in [0.15, 0.2) is 67.0 Å². The Kier molecular flexibility index (Phi) is 5.68. The molecule has 1 unspecified atom stereocenters. The summed E-state index contributed by atoms with van der Waals surface area (Å²) < 4.78 is 0. The Hall–Kier alpha value is -3.71. The zero-order valence-electron chi connectivity index (χ0n) is 16.4. The first-order chi connectivity index (χ1) is 14.9. The van der Waals surface area contributed by atoms with E-state index in [1.807, 2.05) is 6.07 Å². The number of nitrogens with zero attached hydrogens (tertiary/aromatic N) is 2. The molecule has 0 fully saturated rings. The number of hydrogen-bond acceptors (Lipinski definition) is 4. The summed E-state index contributed by atoms with van der Waals surface area (Å²) in [6, 6.07) is 14.3. The lowest BCUT2D eigenvalue weighted by atomic mass is 10.0. The summed E-state index contributed by atoms with van der Waals surface area (Å²) in [7, 11) is 0. The molecule has 156 valence electrons. The Morgan fingerprint density at radius 3 is 2.55 bits per heavy atom. The summed E-state index contributed by atoms with van der Waals surface area (Å²) in [6.45, 7) is 0.179. The molecule has 8 heteroatoms. The maximum atomic E-state index is 13.5. The fraction of sp³-hybridized carbons (Fsp3) is 0.130. The van der Waals surface area contributed by atoms with Crippen LogP contribution in [0.4, 0.5) is 5.69 Å². The van der Waals surface area contributed by atoms with E-state index in [-0.39, 0.29) is 18.4 Å². The van der Waals surface area contributed by atoms with Crippen LogP contribution in [0, 0.1) is 0 Å². The monoisotopic (exact) mass is 434 g/mol. The molecule has 0 radical (unpaired) electrons. The molecule has 2 heterocycles. The molecule has 1 atom stereocenters. The van der Waals surface area contributed by atoms with E-state index in [0.29, 0.717) is 28.3 Å². The van der Waals surface area contributed by atoms with Crippen molar-refractivity contribution in [1.29, 1.82) is 0 Å². The molecule has 31 heavy (non-hydrogen) atoms. The first kappa shape index (κ1) is 20.6. The van der Waals surface area contributed by atoms with Gasteiger partial charge in [-0.1, -0.05) is 29.8 Å². The van der Waals surface area contributed by atoms with Crippen LogP contribution in [0.5, 0.6) is 0 Å². The predicted octanol–water partition coefficient (Wildman–Crippen LogP) is 3.04. The van der Waals surface area contributed by atoms with Crippen LogP contribution in [0.2, 0.25) is 5.02 Å². The molecule has 0 aliphatic carbocycles. The standard InChI is InChI=1S/C23H19ClN4O3/c24-17-7-8-18-19(11-17)27-22(30)20(10-15-2-1-9-26-12-15)28(23(18)31)13-14-3-5-16(6-4-14)21(25)29/h1-9,11-12,20H,10,13H2,(H2,25,29)(H,27,30). The average Bonchev–Trinajstić information content (AvgIpc) is 2.85. The largest absolute Gasteiger partial charge is 0.366 e. The highest BCUT2D eigenvalue weighted by atomic mass is 35.5. The molecule has 1 aromatic heterocycles. The lowest BCUT2D eigenvalue weighted by Crippen LogP contribution is -2.46. The van der Waals surface area contributed by atoms with Gasteiger partial charge in [0, 0.05) is 35.9 Å². The van der Waals surface area contributed by atoms with Gasteiger partial charge in [-0.05, 0) is 47.5 Å². The number of benzene rings is 2. The van der Waals surface area contributed by atoms with Crippen LogP contribution in [0.1, 0.15) is 31.8 Å². The van der Waals surface area contributed by atoms with Gasteiger partial charge in [0.15, 0.2) is 0 Å². The molecule has 2 aromatic carbocycles. The Labute approximate surface area is 183 Å². The van der Waals surface area contributed by atoms with E-state index in [0.717, 1.165) is 11.1 Å². The smallest absolute Gasteiger partial charge is 0.256 e. The number of anilines is 1. The predicted molar refractivity (Wildman–Crippen MR) is 117 cm³/mol. The van der Waals surface area contributed by atoms with Gasteiger partial charge >= 0.3 is 0 Å². The van der Waals surface area contributed by atoms with Gasteiger partial charge in [0.05, 0.1) is 11.3 Å². The molecule has 1 aliphatic rings. The molecular formula is C23H19ClN4O3. The zero-order valence-corrected chi connectivity index (χ0v) is 17.2. The number of primary amides is 1. The number of hydrogen-bond donors (Lipinski definition) is 2. The van der Waals surface area contributed by atoms with Gasteiger partial charge in [0.1, 0.15) is 6.04 Å². The Morgan fingerprint density at radius 1 is 1.10 bits per heavy atom. The van der Waals surface area contributed by atoms with E-state index in [1.54, 1.807) is 60.9 Å². The van der Waals surface area contributed by atoms with Crippen LogP contribution in [-0.2, 0) is 17.8 Å². The van der Waals surface area contributed by atoms with Crippen molar-refractivity contribution in [3.63, 3.8) is 0 Å². The first-order valence-electron chi connectivity index (χ1n) is 9.61. The lowest BCUT2D eigenvalue weighted by molar-refractivity contribution is -0.120. The van der Waals surface area contributed by atoms with Crippen LogP contribution >= 0.6 is 11.6 Å². The van der Waals surface area contributed by atoms with Crippen LogP contribution < -0.4 is 11.1 Å².